The fourth-order valence-corrected chi connectivity index (χ4v) is 3.50. The summed E-state index contributed by atoms with van der Waals surface area (Å²) in [5.41, 5.74) is 0. The van der Waals surface area contributed by atoms with Crippen LogP contribution >= 0.6 is 11.3 Å². The van der Waals surface area contributed by atoms with Crippen LogP contribution in [0.5, 0.6) is 0 Å². The van der Waals surface area contributed by atoms with Crippen molar-refractivity contribution in [1.82, 2.24) is 19.7 Å². The van der Waals surface area contributed by atoms with Gasteiger partial charge in [-0.15, -0.1) is 11.3 Å². The molecule has 1 aliphatic heterocycles. The zero-order valence-corrected chi connectivity index (χ0v) is 12.8. The van der Waals surface area contributed by atoms with Crippen LogP contribution in [-0.4, -0.2) is 38.2 Å². The van der Waals surface area contributed by atoms with Gasteiger partial charge in [0.25, 0.3) is 0 Å². The van der Waals surface area contributed by atoms with Crippen LogP contribution in [0.2, 0.25) is 0 Å². The Morgan fingerprint density at radius 3 is 3.10 bits per heavy atom. The quantitative estimate of drug-likeness (QED) is 0.852. The first-order valence-electron chi connectivity index (χ1n) is 7.48. The lowest BCUT2D eigenvalue weighted by molar-refractivity contribution is -0.135. The lowest BCUT2D eigenvalue weighted by Crippen LogP contribution is -2.46. The molecule has 1 atom stereocenters. The molecule has 2 aromatic heterocycles. The smallest absolute Gasteiger partial charge is 0.223 e. The Bertz CT molecular complexity index is 552. The normalized spacial score (nSPS) is 18.9. The third-order valence-electron chi connectivity index (χ3n) is 3.94. The van der Waals surface area contributed by atoms with Crippen molar-refractivity contribution >= 4 is 17.2 Å². The molecule has 21 heavy (non-hydrogen) atoms. The van der Waals surface area contributed by atoms with Gasteiger partial charge in [-0.05, 0) is 25.3 Å². The van der Waals surface area contributed by atoms with E-state index < -0.39 is 0 Å². The highest BCUT2D eigenvalue weighted by atomic mass is 32.1. The van der Waals surface area contributed by atoms with E-state index in [0.29, 0.717) is 6.42 Å². The molecule has 0 aliphatic carbocycles. The molecule has 1 amide bonds. The minimum atomic E-state index is 0.252. The largest absolute Gasteiger partial charge is 0.338 e. The first kappa shape index (κ1) is 14.3. The topological polar surface area (TPSA) is 51.0 Å². The van der Waals surface area contributed by atoms with Gasteiger partial charge in [-0.2, -0.15) is 5.10 Å². The second-order valence-corrected chi connectivity index (χ2v) is 6.37. The molecule has 3 heterocycles. The van der Waals surface area contributed by atoms with Crippen molar-refractivity contribution in [2.45, 2.75) is 44.7 Å². The van der Waals surface area contributed by atoms with Crippen LogP contribution in [0.4, 0.5) is 0 Å². The van der Waals surface area contributed by atoms with Crippen molar-refractivity contribution in [2.75, 3.05) is 6.54 Å². The van der Waals surface area contributed by atoms with Gasteiger partial charge < -0.3 is 4.90 Å². The summed E-state index contributed by atoms with van der Waals surface area (Å²) in [7, 11) is 0. The fraction of sp³-hybridized carbons (Fsp3) is 0.533. The number of thiazole rings is 1. The summed E-state index contributed by atoms with van der Waals surface area (Å²) >= 11 is 1.62. The Hall–Kier alpha value is -1.69. The maximum absolute atomic E-state index is 12.5. The Labute approximate surface area is 128 Å². The van der Waals surface area contributed by atoms with E-state index in [9.17, 15) is 4.79 Å². The molecule has 2 aromatic rings. The summed E-state index contributed by atoms with van der Waals surface area (Å²) in [4.78, 5) is 18.8. The van der Waals surface area contributed by atoms with Crippen molar-refractivity contribution in [1.29, 1.82) is 0 Å². The molecule has 0 radical (unpaired) electrons. The highest BCUT2D eigenvalue weighted by Gasteiger charge is 2.26. The molecule has 0 N–H and O–H groups in total. The number of carbonyl (C=O) groups excluding carboxylic acids is 1. The zero-order chi connectivity index (χ0) is 14.5. The highest BCUT2D eigenvalue weighted by molar-refractivity contribution is 7.09. The second kappa shape index (κ2) is 6.85. The third kappa shape index (κ3) is 3.69. The summed E-state index contributed by atoms with van der Waals surface area (Å²) in [5, 5.41) is 7.27. The van der Waals surface area contributed by atoms with E-state index in [1.807, 2.05) is 22.3 Å². The first-order valence-corrected chi connectivity index (χ1v) is 8.36. The van der Waals surface area contributed by atoms with Crippen molar-refractivity contribution < 1.29 is 4.79 Å². The maximum Gasteiger partial charge on any atom is 0.223 e. The van der Waals surface area contributed by atoms with Gasteiger partial charge in [0.05, 0.1) is 17.6 Å². The predicted octanol–water partition coefficient (Wildman–Crippen LogP) is 2.35. The molecule has 6 heteroatoms. The van der Waals surface area contributed by atoms with Gasteiger partial charge in [-0.3, -0.25) is 9.48 Å². The van der Waals surface area contributed by atoms with Gasteiger partial charge in [0.2, 0.25) is 5.91 Å². The molecule has 3 rings (SSSR count). The lowest BCUT2D eigenvalue weighted by atomic mass is 10.0. The molecule has 1 saturated heterocycles. The average molecular weight is 304 g/mol. The van der Waals surface area contributed by atoms with E-state index >= 15 is 0 Å². The van der Waals surface area contributed by atoms with E-state index in [1.54, 1.807) is 23.7 Å². The van der Waals surface area contributed by atoms with Crippen LogP contribution in [0.15, 0.2) is 30.0 Å². The van der Waals surface area contributed by atoms with Gasteiger partial charge in [0, 0.05) is 43.4 Å². The maximum atomic E-state index is 12.5. The molecule has 1 aliphatic rings. The molecule has 0 aromatic carbocycles. The number of carbonyl (C=O) groups is 1. The van der Waals surface area contributed by atoms with Crippen LogP contribution in [0.25, 0.3) is 0 Å². The van der Waals surface area contributed by atoms with Crippen molar-refractivity contribution in [3.63, 3.8) is 0 Å². The fourth-order valence-electron chi connectivity index (χ4n) is 2.88. The summed E-state index contributed by atoms with van der Waals surface area (Å²) in [6, 6.07) is 2.21. The Balaban J connectivity index is 1.58. The molecule has 0 saturated carbocycles. The minimum absolute atomic E-state index is 0.252. The van der Waals surface area contributed by atoms with E-state index in [-0.39, 0.29) is 11.9 Å². The van der Waals surface area contributed by atoms with Gasteiger partial charge in [-0.25, -0.2) is 4.98 Å². The Morgan fingerprint density at radius 1 is 1.38 bits per heavy atom. The summed E-state index contributed by atoms with van der Waals surface area (Å²) in [6.45, 7) is 1.68. The van der Waals surface area contributed by atoms with Crippen LogP contribution in [0, 0.1) is 0 Å². The number of aryl methyl sites for hydroxylation is 1. The summed E-state index contributed by atoms with van der Waals surface area (Å²) in [5.74, 6) is 0.252. The molecular weight excluding hydrogens is 284 g/mol. The number of piperidine rings is 1. The standard InChI is InChI=1S/C15H20N4OS/c20-15(6-5-14-16-8-11-21-14)19-10-2-1-4-13(19)12-18-9-3-7-17-18/h3,7-9,11,13H,1-2,4-6,10,12H2/t13-/m0/s1. The number of rotatable bonds is 5. The van der Waals surface area contributed by atoms with Gasteiger partial charge in [0.1, 0.15) is 0 Å². The molecule has 0 unspecified atom stereocenters. The molecule has 5 nitrogen and oxygen atoms in total. The van der Waals surface area contributed by atoms with Crippen LogP contribution < -0.4 is 0 Å². The van der Waals surface area contributed by atoms with Crippen LogP contribution in [-0.2, 0) is 17.8 Å². The van der Waals surface area contributed by atoms with E-state index in [1.165, 1.54) is 6.42 Å². The number of hydrogen-bond acceptors (Lipinski definition) is 4. The highest BCUT2D eigenvalue weighted by Crippen LogP contribution is 2.20. The van der Waals surface area contributed by atoms with Crippen molar-refractivity contribution in [3.05, 3.63) is 35.0 Å². The summed E-state index contributed by atoms with van der Waals surface area (Å²) in [6.07, 6.45) is 10.2. The van der Waals surface area contributed by atoms with Crippen LogP contribution in [0.3, 0.4) is 0 Å². The second-order valence-electron chi connectivity index (χ2n) is 5.39. The van der Waals surface area contributed by atoms with Crippen molar-refractivity contribution in [3.8, 4) is 0 Å². The van der Waals surface area contributed by atoms with Gasteiger partial charge >= 0.3 is 0 Å². The number of nitrogens with zero attached hydrogens (tertiary/aromatic N) is 4. The molecule has 0 bridgehead atoms. The molecule has 0 spiro atoms. The number of aromatic nitrogens is 3. The van der Waals surface area contributed by atoms with E-state index in [4.69, 9.17) is 0 Å². The molecular formula is C15H20N4OS. The third-order valence-corrected chi connectivity index (χ3v) is 4.78. The first-order chi connectivity index (χ1) is 10.3. The van der Waals surface area contributed by atoms with Gasteiger partial charge in [-0.1, -0.05) is 0 Å². The number of amides is 1. The Morgan fingerprint density at radius 2 is 2.33 bits per heavy atom. The minimum Gasteiger partial charge on any atom is -0.338 e. The van der Waals surface area contributed by atoms with Crippen LogP contribution in [0.1, 0.15) is 30.7 Å². The Kier molecular flexibility index (Phi) is 4.65. The lowest BCUT2D eigenvalue weighted by Gasteiger charge is -2.35. The predicted molar refractivity (Wildman–Crippen MR) is 82.0 cm³/mol. The van der Waals surface area contributed by atoms with Crippen molar-refractivity contribution in [2.24, 2.45) is 0 Å². The molecule has 112 valence electrons. The monoisotopic (exact) mass is 304 g/mol. The molecule has 1 fully saturated rings. The van der Waals surface area contributed by atoms with E-state index in [2.05, 4.69) is 15.0 Å². The van der Waals surface area contributed by atoms with E-state index in [0.717, 1.165) is 37.4 Å². The van der Waals surface area contributed by atoms with Gasteiger partial charge in [0.15, 0.2) is 0 Å². The number of likely N-dealkylation sites (tertiary alicyclic amines) is 1. The number of hydrogen-bond donors (Lipinski definition) is 0. The average Bonchev–Trinajstić information content (AvgIpc) is 3.18. The zero-order valence-electron chi connectivity index (χ0n) is 12.0. The summed E-state index contributed by atoms with van der Waals surface area (Å²) < 4.78 is 1.93. The SMILES string of the molecule is O=C(CCc1nccs1)N1CCCC[C@H]1Cn1cccn1.